The van der Waals surface area contributed by atoms with E-state index >= 15 is 0 Å². The topological polar surface area (TPSA) is 38.0 Å². The number of hydrazine groups is 1. The van der Waals surface area contributed by atoms with Crippen molar-refractivity contribution in [2.24, 2.45) is 17.7 Å². The lowest BCUT2D eigenvalue weighted by atomic mass is 9.74. The van der Waals surface area contributed by atoms with E-state index in [4.69, 9.17) is 5.84 Å². The molecule has 2 nitrogen and oxygen atoms in total. The molecule has 3 atom stereocenters. The van der Waals surface area contributed by atoms with Gasteiger partial charge in [0, 0.05) is 5.56 Å². The first-order chi connectivity index (χ1) is 9.56. The summed E-state index contributed by atoms with van der Waals surface area (Å²) in [5, 5.41) is 0. The standard InChI is InChI=1S/C17H27FN2/c1-4-13-6-5-7-14(10-13)17(20-19)16-12(3)8-11(2)9-15(16)18/h8-9,13-14,17,20H,4-7,10,19H2,1-3H3. The summed E-state index contributed by atoms with van der Waals surface area (Å²) in [5.74, 6) is 6.86. The van der Waals surface area contributed by atoms with Crippen LogP contribution in [0.4, 0.5) is 4.39 Å². The second-order valence-corrected chi connectivity index (χ2v) is 6.32. The molecule has 1 aliphatic carbocycles. The van der Waals surface area contributed by atoms with E-state index in [1.165, 1.54) is 19.3 Å². The third-order valence-corrected chi connectivity index (χ3v) is 4.84. The minimum atomic E-state index is -0.121. The van der Waals surface area contributed by atoms with Gasteiger partial charge in [-0.25, -0.2) is 4.39 Å². The lowest BCUT2D eigenvalue weighted by Gasteiger charge is -2.35. The largest absolute Gasteiger partial charge is 0.271 e. The molecule has 0 spiro atoms. The van der Waals surface area contributed by atoms with E-state index in [-0.39, 0.29) is 11.9 Å². The maximum Gasteiger partial charge on any atom is 0.128 e. The van der Waals surface area contributed by atoms with Gasteiger partial charge in [0.05, 0.1) is 6.04 Å². The highest BCUT2D eigenvalue weighted by Gasteiger charge is 2.30. The number of halogens is 1. The van der Waals surface area contributed by atoms with Gasteiger partial charge in [0.25, 0.3) is 0 Å². The second-order valence-electron chi connectivity index (χ2n) is 6.32. The Bertz CT molecular complexity index is 435. The van der Waals surface area contributed by atoms with Crippen molar-refractivity contribution in [3.8, 4) is 0 Å². The molecule has 0 heterocycles. The van der Waals surface area contributed by atoms with E-state index in [2.05, 4.69) is 12.3 Å². The highest BCUT2D eigenvalue weighted by molar-refractivity contribution is 5.34. The molecule has 3 unspecified atom stereocenters. The summed E-state index contributed by atoms with van der Waals surface area (Å²) in [5.41, 5.74) is 5.63. The van der Waals surface area contributed by atoms with Gasteiger partial charge in [0.15, 0.2) is 0 Å². The fraction of sp³-hybridized carbons (Fsp3) is 0.647. The van der Waals surface area contributed by atoms with Crippen LogP contribution in [0.5, 0.6) is 0 Å². The Balaban J connectivity index is 2.28. The van der Waals surface area contributed by atoms with E-state index in [1.807, 2.05) is 19.9 Å². The zero-order valence-electron chi connectivity index (χ0n) is 12.9. The lowest BCUT2D eigenvalue weighted by Crippen LogP contribution is -2.36. The highest BCUT2D eigenvalue weighted by Crippen LogP contribution is 2.39. The molecule has 3 N–H and O–H groups in total. The SMILES string of the molecule is CCC1CCCC(C(NN)c2c(C)cc(C)cc2F)C1. The molecule has 0 saturated heterocycles. The molecule has 0 amide bonds. The third kappa shape index (κ3) is 3.21. The minimum absolute atomic E-state index is 0.0649. The molecule has 2 rings (SSSR count). The number of nitrogens with one attached hydrogen (secondary N) is 1. The summed E-state index contributed by atoms with van der Waals surface area (Å²) in [6.07, 6.45) is 6.03. The zero-order valence-corrected chi connectivity index (χ0v) is 12.9. The van der Waals surface area contributed by atoms with Crippen molar-refractivity contribution in [3.63, 3.8) is 0 Å². The molecule has 20 heavy (non-hydrogen) atoms. The molecular weight excluding hydrogens is 251 g/mol. The molecule has 0 radical (unpaired) electrons. The van der Waals surface area contributed by atoms with Crippen LogP contribution in [0.25, 0.3) is 0 Å². The highest BCUT2D eigenvalue weighted by atomic mass is 19.1. The van der Waals surface area contributed by atoms with Crippen LogP contribution in [0.15, 0.2) is 12.1 Å². The van der Waals surface area contributed by atoms with Gasteiger partial charge in [-0.3, -0.25) is 11.3 Å². The van der Waals surface area contributed by atoms with Crippen molar-refractivity contribution in [2.45, 2.75) is 58.9 Å². The smallest absolute Gasteiger partial charge is 0.128 e. The van der Waals surface area contributed by atoms with Gasteiger partial charge in [0.2, 0.25) is 0 Å². The average molecular weight is 278 g/mol. The van der Waals surface area contributed by atoms with Crippen LogP contribution in [0.2, 0.25) is 0 Å². The van der Waals surface area contributed by atoms with Crippen molar-refractivity contribution < 1.29 is 4.39 Å². The molecule has 1 aromatic carbocycles. The van der Waals surface area contributed by atoms with Crippen LogP contribution < -0.4 is 11.3 Å². The van der Waals surface area contributed by atoms with Crippen LogP contribution in [0.1, 0.15) is 61.8 Å². The lowest BCUT2D eigenvalue weighted by molar-refractivity contribution is 0.207. The van der Waals surface area contributed by atoms with Crippen LogP contribution in [-0.2, 0) is 0 Å². The van der Waals surface area contributed by atoms with E-state index in [0.29, 0.717) is 5.92 Å². The van der Waals surface area contributed by atoms with E-state index in [9.17, 15) is 4.39 Å². The summed E-state index contributed by atoms with van der Waals surface area (Å²) in [4.78, 5) is 0. The Hall–Kier alpha value is -0.930. The second kappa shape index (κ2) is 6.68. The Morgan fingerprint density at radius 1 is 1.35 bits per heavy atom. The van der Waals surface area contributed by atoms with E-state index in [0.717, 1.165) is 35.4 Å². The molecule has 1 fully saturated rings. The summed E-state index contributed by atoms with van der Waals surface area (Å²) in [7, 11) is 0. The van der Waals surface area contributed by atoms with Crippen molar-refractivity contribution >= 4 is 0 Å². The van der Waals surface area contributed by atoms with Crippen molar-refractivity contribution in [3.05, 3.63) is 34.6 Å². The van der Waals surface area contributed by atoms with Crippen LogP contribution in [0.3, 0.4) is 0 Å². The van der Waals surface area contributed by atoms with Crippen molar-refractivity contribution in [2.75, 3.05) is 0 Å². The number of hydrogen-bond acceptors (Lipinski definition) is 2. The molecule has 0 aliphatic heterocycles. The van der Waals surface area contributed by atoms with Crippen molar-refractivity contribution in [1.82, 2.24) is 5.43 Å². The average Bonchev–Trinajstić information content (AvgIpc) is 2.42. The normalized spacial score (nSPS) is 24.6. The maximum atomic E-state index is 14.4. The summed E-state index contributed by atoms with van der Waals surface area (Å²) >= 11 is 0. The third-order valence-electron chi connectivity index (χ3n) is 4.84. The molecule has 3 heteroatoms. The Labute approximate surface area is 121 Å². The fourth-order valence-electron chi connectivity index (χ4n) is 3.78. The molecule has 1 aliphatic rings. The summed E-state index contributed by atoms with van der Waals surface area (Å²) in [6.45, 7) is 6.16. The first kappa shape index (κ1) is 15.5. The predicted molar refractivity (Wildman–Crippen MR) is 81.7 cm³/mol. The Morgan fingerprint density at radius 3 is 2.70 bits per heavy atom. The van der Waals surface area contributed by atoms with Crippen LogP contribution in [-0.4, -0.2) is 0 Å². The number of hydrogen-bond donors (Lipinski definition) is 2. The first-order valence-electron chi connectivity index (χ1n) is 7.79. The first-order valence-corrected chi connectivity index (χ1v) is 7.79. The Kier molecular flexibility index (Phi) is 5.17. The van der Waals surface area contributed by atoms with Gasteiger partial charge in [-0.2, -0.15) is 0 Å². The maximum absolute atomic E-state index is 14.4. The Morgan fingerprint density at radius 2 is 2.10 bits per heavy atom. The molecular formula is C17H27FN2. The predicted octanol–water partition coefficient (Wildman–Crippen LogP) is 4.16. The molecule has 0 bridgehead atoms. The van der Waals surface area contributed by atoms with Gasteiger partial charge in [-0.1, -0.05) is 32.3 Å². The molecule has 1 saturated carbocycles. The number of aryl methyl sites for hydroxylation is 2. The van der Waals surface area contributed by atoms with Crippen LogP contribution in [0, 0.1) is 31.5 Å². The van der Waals surface area contributed by atoms with Gasteiger partial charge in [0.1, 0.15) is 5.82 Å². The van der Waals surface area contributed by atoms with Gasteiger partial charge >= 0.3 is 0 Å². The van der Waals surface area contributed by atoms with Gasteiger partial charge < -0.3 is 0 Å². The minimum Gasteiger partial charge on any atom is -0.271 e. The number of nitrogens with two attached hydrogens (primary N) is 1. The summed E-state index contributed by atoms with van der Waals surface area (Å²) in [6, 6.07) is 3.60. The number of rotatable bonds is 4. The van der Waals surface area contributed by atoms with E-state index < -0.39 is 0 Å². The molecule has 1 aromatic rings. The fourth-order valence-corrected chi connectivity index (χ4v) is 3.78. The molecule has 0 aromatic heterocycles. The van der Waals surface area contributed by atoms with Gasteiger partial charge in [-0.15, -0.1) is 0 Å². The zero-order chi connectivity index (χ0) is 14.7. The monoisotopic (exact) mass is 278 g/mol. The summed E-state index contributed by atoms with van der Waals surface area (Å²) < 4.78 is 14.4. The van der Waals surface area contributed by atoms with Gasteiger partial charge in [-0.05, 0) is 55.7 Å². The van der Waals surface area contributed by atoms with Crippen LogP contribution >= 0.6 is 0 Å². The number of benzene rings is 1. The quantitative estimate of drug-likeness (QED) is 0.641. The van der Waals surface area contributed by atoms with Crippen molar-refractivity contribution in [1.29, 1.82) is 0 Å². The van der Waals surface area contributed by atoms with E-state index in [1.54, 1.807) is 6.07 Å². The molecule has 112 valence electrons.